The molecule has 1 aliphatic heterocycles. The fourth-order valence-corrected chi connectivity index (χ4v) is 3.41. The van der Waals surface area contributed by atoms with Crippen molar-refractivity contribution in [1.82, 2.24) is 24.3 Å². The summed E-state index contributed by atoms with van der Waals surface area (Å²) in [5, 5.41) is 1.83. The largest absolute Gasteiger partial charge is 0.331 e. The number of imidazole rings is 1. The van der Waals surface area contributed by atoms with Crippen LogP contribution >= 0.6 is 11.3 Å². The van der Waals surface area contributed by atoms with Gasteiger partial charge in [0.15, 0.2) is 0 Å². The summed E-state index contributed by atoms with van der Waals surface area (Å²) in [5.41, 5.74) is 1.84. The molecule has 3 aromatic rings. The van der Waals surface area contributed by atoms with Crippen LogP contribution in [0.5, 0.6) is 0 Å². The zero-order valence-corrected chi connectivity index (χ0v) is 11.8. The van der Waals surface area contributed by atoms with E-state index in [-0.39, 0.29) is 11.5 Å². The number of thiazole rings is 1. The highest BCUT2D eigenvalue weighted by atomic mass is 32.1. The molecule has 21 heavy (non-hydrogen) atoms. The van der Waals surface area contributed by atoms with E-state index in [1.807, 2.05) is 5.38 Å². The maximum atomic E-state index is 12.6. The van der Waals surface area contributed by atoms with Crippen molar-refractivity contribution in [2.75, 3.05) is 6.54 Å². The maximum absolute atomic E-state index is 12.6. The third kappa shape index (κ3) is 1.87. The van der Waals surface area contributed by atoms with Gasteiger partial charge in [0.1, 0.15) is 16.9 Å². The third-order valence-corrected chi connectivity index (χ3v) is 4.56. The number of carbonyl (C=O) groups excluding carboxylic acids is 1. The molecule has 0 atom stereocenters. The van der Waals surface area contributed by atoms with Crippen molar-refractivity contribution >= 4 is 22.1 Å². The Morgan fingerprint density at radius 1 is 1.43 bits per heavy atom. The van der Waals surface area contributed by atoms with Gasteiger partial charge >= 0.3 is 0 Å². The molecule has 1 N–H and O–H groups in total. The molecule has 0 aromatic carbocycles. The van der Waals surface area contributed by atoms with Crippen LogP contribution in [-0.2, 0) is 13.0 Å². The number of fused-ring (bicyclic) bond motifs is 2. The average molecular weight is 301 g/mol. The molecule has 0 bridgehead atoms. The monoisotopic (exact) mass is 301 g/mol. The molecule has 4 rings (SSSR count). The number of H-pyrrole nitrogens is 1. The van der Waals surface area contributed by atoms with E-state index in [0.717, 1.165) is 4.83 Å². The van der Waals surface area contributed by atoms with Gasteiger partial charge in [-0.3, -0.25) is 14.0 Å². The number of hydrogen-bond acceptors (Lipinski definition) is 5. The van der Waals surface area contributed by atoms with Gasteiger partial charge in [-0.15, -0.1) is 11.3 Å². The lowest BCUT2D eigenvalue weighted by Crippen LogP contribution is -2.39. The average Bonchev–Trinajstić information content (AvgIpc) is 3.09. The summed E-state index contributed by atoms with van der Waals surface area (Å²) < 4.78 is 1.79. The fourth-order valence-electron chi connectivity index (χ4n) is 2.58. The van der Waals surface area contributed by atoms with Crippen LogP contribution in [0.3, 0.4) is 0 Å². The van der Waals surface area contributed by atoms with Crippen LogP contribution in [0.25, 0.3) is 4.83 Å². The molecular weight excluding hydrogens is 290 g/mol. The van der Waals surface area contributed by atoms with E-state index in [4.69, 9.17) is 0 Å². The number of amides is 1. The van der Waals surface area contributed by atoms with Gasteiger partial charge in [-0.05, 0) is 6.42 Å². The van der Waals surface area contributed by atoms with Gasteiger partial charge in [0.25, 0.3) is 11.5 Å². The lowest BCUT2D eigenvalue weighted by molar-refractivity contribution is 0.0724. The Morgan fingerprint density at radius 3 is 3.24 bits per heavy atom. The Labute approximate surface area is 122 Å². The van der Waals surface area contributed by atoms with Gasteiger partial charge in [0.05, 0.1) is 24.8 Å². The molecule has 0 saturated carbocycles. The summed E-state index contributed by atoms with van der Waals surface area (Å²) in [4.78, 5) is 37.8. The second-order valence-corrected chi connectivity index (χ2v) is 5.75. The smallest absolute Gasteiger partial charge is 0.272 e. The van der Waals surface area contributed by atoms with Crippen molar-refractivity contribution in [1.29, 1.82) is 0 Å². The zero-order chi connectivity index (χ0) is 14.4. The number of aromatic amines is 1. The molecule has 106 valence electrons. The van der Waals surface area contributed by atoms with E-state index >= 15 is 0 Å². The van der Waals surface area contributed by atoms with Crippen molar-refractivity contribution < 1.29 is 4.79 Å². The van der Waals surface area contributed by atoms with Crippen LogP contribution in [0.4, 0.5) is 0 Å². The van der Waals surface area contributed by atoms with Gasteiger partial charge in [-0.1, -0.05) is 0 Å². The number of hydrogen-bond donors (Lipinski definition) is 1. The van der Waals surface area contributed by atoms with Gasteiger partial charge in [0.2, 0.25) is 0 Å². The summed E-state index contributed by atoms with van der Waals surface area (Å²) in [7, 11) is 0. The van der Waals surface area contributed by atoms with Crippen LogP contribution in [0.2, 0.25) is 0 Å². The molecule has 0 aliphatic carbocycles. The summed E-state index contributed by atoms with van der Waals surface area (Å²) in [6, 6.07) is 0. The first kappa shape index (κ1) is 12.3. The first-order valence-corrected chi connectivity index (χ1v) is 7.36. The number of rotatable bonds is 1. The third-order valence-electron chi connectivity index (χ3n) is 3.67. The second-order valence-electron chi connectivity index (χ2n) is 4.86. The molecule has 4 heterocycles. The Kier molecular flexibility index (Phi) is 2.64. The van der Waals surface area contributed by atoms with Crippen LogP contribution in [0.15, 0.2) is 29.0 Å². The molecule has 0 saturated heterocycles. The van der Waals surface area contributed by atoms with Crippen LogP contribution < -0.4 is 5.56 Å². The van der Waals surface area contributed by atoms with Crippen molar-refractivity contribution in [3.05, 3.63) is 51.5 Å². The molecule has 0 spiro atoms. The van der Waals surface area contributed by atoms with E-state index in [1.54, 1.807) is 21.8 Å². The predicted molar refractivity (Wildman–Crippen MR) is 76.4 cm³/mol. The van der Waals surface area contributed by atoms with Gasteiger partial charge in [-0.25, -0.2) is 9.97 Å². The molecule has 0 radical (unpaired) electrons. The SMILES string of the molecule is O=C(c1csc2cncn12)N1CCc2c(nc[nH]c2=O)C1. The predicted octanol–water partition coefficient (Wildman–Crippen LogP) is 0.678. The van der Waals surface area contributed by atoms with E-state index in [9.17, 15) is 9.59 Å². The van der Waals surface area contributed by atoms with E-state index in [2.05, 4.69) is 15.0 Å². The van der Waals surface area contributed by atoms with Crippen molar-refractivity contribution in [3.8, 4) is 0 Å². The van der Waals surface area contributed by atoms with Crippen LogP contribution in [0.1, 0.15) is 21.7 Å². The highest BCUT2D eigenvalue weighted by Gasteiger charge is 2.26. The number of aromatic nitrogens is 4. The molecule has 8 heteroatoms. The molecule has 7 nitrogen and oxygen atoms in total. The number of nitrogens with one attached hydrogen (secondary N) is 1. The highest BCUT2D eigenvalue weighted by Crippen LogP contribution is 2.20. The topological polar surface area (TPSA) is 83.4 Å². The van der Waals surface area contributed by atoms with E-state index < -0.39 is 0 Å². The van der Waals surface area contributed by atoms with E-state index in [0.29, 0.717) is 36.5 Å². The van der Waals surface area contributed by atoms with Gasteiger partial charge < -0.3 is 9.88 Å². The minimum Gasteiger partial charge on any atom is -0.331 e. The fraction of sp³-hybridized carbons (Fsp3) is 0.231. The van der Waals surface area contributed by atoms with Crippen molar-refractivity contribution in [2.45, 2.75) is 13.0 Å². The summed E-state index contributed by atoms with van der Waals surface area (Å²) >= 11 is 1.48. The van der Waals surface area contributed by atoms with Gasteiger partial charge in [-0.2, -0.15) is 0 Å². The molecule has 3 aromatic heterocycles. The summed E-state index contributed by atoms with van der Waals surface area (Å²) in [5.74, 6) is -0.0630. The lowest BCUT2D eigenvalue weighted by atomic mass is 10.1. The maximum Gasteiger partial charge on any atom is 0.272 e. The highest BCUT2D eigenvalue weighted by molar-refractivity contribution is 7.15. The molecular formula is C13H11N5O2S. The van der Waals surface area contributed by atoms with Gasteiger partial charge in [0, 0.05) is 17.5 Å². The first-order chi connectivity index (χ1) is 10.2. The quantitative estimate of drug-likeness (QED) is 0.716. The summed E-state index contributed by atoms with van der Waals surface area (Å²) in [6.07, 6.45) is 5.28. The van der Waals surface area contributed by atoms with Crippen LogP contribution in [-0.4, -0.2) is 36.7 Å². The first-order valence-electron chi connectivity index (χ1n) is 6.48. The Bertz CT molecular complexity index is 893. The zero-order valence-electron chi connectivity index (χ0n) is 10.9. The number of nitrogens with zero attached hydrogens (tertiary/aromatic N) is 4. The van der Waals surface area contributed by atoms with E-state index in [1.165, 1.54) is 17.7 Å². The second kappa shape index (κ2) is 4.52. The van der Waals surface area contributed by atoms with Crippen molar-refractivity contribution in [3.63, 3.8) is 0 Å². The Balaban J connectivity index is 1.68. The van der Waals surface area contributed by atoms with Crippen LogP contribution in [0, 0.1) is 0 Å². The molecule has 0 unspecified atom stereocenters. The minimum absolute atomic E-state index is 0.0630. The number of carbonyl (C=O) groups is 1. The van der Waals surface area contributed by atoms with Crippen molar-refractivity contribution in [2.24, 2.45) is 0 Å². The normalized spacial score (nSPS) is 14.4. The summed E-state index contributed by atoms with van der Waals surface area (Å²) in [6.45, 7) is 0.886. The standard InChI is InChI=1S/C13H11N5O2S/c19-12-8-1-2-17(4-9(8)15-6-16-12)13(20)10-5-21-11-3-14-7-18(10)11/h3,5-7H,1-2,4H2,(H,15,16,19). The Morgan fingerprint density at radius 2 is 2.33 bits per heavy atom. The molecule has 0 fully saturated rings. The lowest BCUT2D eigenvalue weighted by Gasteiger charge is -2.27. The minimum atomic E-state index is -0.111. The Hall–Kier alpha value is -2.48. The molecule has 1 aliphatic rings. The molecule has 1 amide bonds.